The van der Waals surface area contributed by atoms with Crippen molar-refractivity contribution in [2.75, 3.05) is 19.6 Å². The predicted octanol–water partition coefficient (Wildman–Crippen LogP) is 1.61. The first-order valence-corrected chi connectivity index (χ1v) is 6.13. The number of nitrogens with two attached hydrogens (primary N) is 1. The van der Waals surface area contributed by atoms with Crippen LogP contribution >= 0.6 is 12.4 Å². The second kappa shape index (κ2) is 6.75. The lowest BCUT2D eigenvalue weighted by atomic mass is 9.95. The zero-order chi connectivity index (χ0) is 12.3. The maximum absolute atomic E-state index is 12.1. The van der Waals surface area contributed by atoms with E-state index in [4.69, 9.17) is 10.3 Å². The van der Waals surface area contributed by atoms with Gasteiger partial charge in [-0.3, -0.25) is 4.79 Å². The number of hydrogen-bond donors (Lipinski definition) is 1. The quantitative estimate of drug-likeness (QED) is 0.908. The molecule has 0 aliphatic carbocycles. The Morgan fingerprint density at radius 2 is 2.44 bits per heavy atom. The molecule has 1 amide bonds. The number of halogens is 1. The van der Waals surface area contributed by atoms with Crippen LogP contribution in [-0.4, -0.2) is 35.6 Å². The van der Waals surface area contributed by atoms with Gasteiger partial charge in [0.15, 0.2) is 0 Å². The molecule has 0 radical (unpaired) electrons. The third-order valence-corrected chi connectivity index (χ3v) is 3.22. The van der Waals surface area contributed by atoms with E-state index in [0.29, 0.717) is 18.2 Å². The molecule has 6 heteroatoms. The van der Waals surface area contributed by atoms with E-state index < -0.39 is 0 Å². The van der Waals surface area contributed by atoms with Crippen molar-refractivity contribution in [2.24, 2.45) is 11.7 Å². The number of carbonyl (C=O) groups excluding carboxylic acids is 1. The van der Waals surface area contributed by atoms with Gasteiger partial charge < -0.3 is 15.2 Å². The number of rotatable bonds is 3. The van der Waals surface area contributed by atoms with E-state index in [2.05, 4.69) is 5.16 Å². The number of piperidine rings is 1. The van der Waals surface area contributed by atoms with Crippen LogP contribution in [-0.2, 0) is 0 Å². The van der Waals surface area contributed by atoms with Gasteiger partial charge in [0.25, 0.3) is 5.91 Å². The fraction of sp³-hybridized carbons (Fsp3) is 0.667. The van der Waals surface area contributed by atoms with E-state index >= 15 is 0 Å². The maximum atomic E-state index is 12.1. The Balaban J connectivity index is 0.00000162. The summed E-state index contributed by atoms with van der Waals surface area (Å²) in [6, 6.07) is 1.69. The lowest BCUT2D eigenvalue weighted by Gasteiger charge is -2.31. The molecule has 5 nitrogen and oxygen atoms in total. The van der Waals surface area contributed by atoms with Crippen molar-refractivity contribution in [3.05, 3.63) is 17.5 Å². The van der Waals surface area contributed by atoms with Crippen LogP contribution in [0.25, 0.3) is 0 Å². The molecule has 1 aliphatic rings. The summed E-state index contributed by atoms with van der Waals surface area (Å²) in [5.41, 5.74) is 6.30. The minimum Gasteiger partial charge on any atom is -0.351 e. The Kier molecular flexibility index (Phi) is 5.62. The van der Waals surface area contributed by atoms with Gasteiger partial charge in [-0.2, -0.15) is 0 Å². The van der Waals surface area contributed by atoms with E-state index in [1.165, 1.54) is 0 Å². The summed E-state index contributed by atoms with van der Waals surface area (Å²) >= 11 is 0. The van der Waals surface area contributed by atoms with Crippen molar-refractivity contribution < 1.29 is 9.32 Å². The average Bonchev–Trinajstić information content (AvgIpc) is 2.76. The number of carbonyl (C=O) groups is 1. The largest absolute Gasteiger partial charge is 0.351 e. The van der Waals surface area contributed by atoms with Crippen LogP contribution in [0.2, 0.25) is 0 Å². The molecule has 1 unspecified atom stereocenters. The summed E-state index contributed by atoms with van der Waals surface area (Å²) in [5, 5.41) is 3.75. The predicted molar refractivity (Wildman–Crippen MR) is 70.8 cm³/mol. The van der Waals surface area contributed by atoms with Gasteiger partial charge in [-0.1, -0.05) is 5.16 Å². The van der Waals surface area contributed by atoms with Crippen molar-refractivity contribution in [2.45, 2.75) is 26.2 Å². The number of likely N-dealkylation sites (tertiary alicyclic amines) is 1. The van der Waals surface area contributed by atoms with Gasteiger partial charge in [-0.25, -0.2) is 0 Å². The van der Waals surface area contributed by atoms with E-state index in [9.17, 15) is 4.79 Å². The summed E-state index contributed by atoms with van der Waals surface area (Å²) in [6.07, 6.45) is 3.19. The number of amides is 1. The van der Waals surface area contributed by atoms with Gasteiger partial charge in [-0.15, -0.1) is 12.4 Å². The molecule has 2 N–H and O–H groups in total. The second-order valence-corrected chi connectivity index (χ2v) is 4.67. The molecule has 2 rings (SSSR count). The Morgan fingerprint density at radius 3 is 3.06 bits per heavy atom. The highest BCUT2D eigenvalue weighted by Gasteiger charge is 2.26. The highest BCUT2D eigenvalue weighted by atomic mass is 35.5. The molecule has 1 atom stereocenters. The minimum absolute atomic E-state index is 0. The third-order valence-electron chi connectivity index (χ3n) is 3.22. The molecule has 1 aliphatic heterocycles. The molecule has 2 heterocycles. The van der Waals surface area contributed by atoms with E-state index in [0.717, 1.165) is 38.0 Å². The molecule has 0 spiro atoms. The van der Waals surface area contributed by atoms with Gasteiger partial charge in [0, 0.05) is 19.2 Å². The Bertz CT molecular complexity index is 392. The highest BCUT2D eigenvalue weighted by molar-refractivity contribution is 5.91. The van der Waals surface area contributed by atoms with Crippen LogP contribution in [0.1, 0.15) is 35.5 Å². The molecule has 1 saturated heterocycles. The highest BCUT2D eigenvalue weighted by Crippen LogP contribution is 2.20. The topological polar surface area (TPSA) is 72.4 Å². The van der Waals surface area contributed by atoms with Crippen molar-refractivity contribution in [3.8, 4) is 0 Å². The fourth-order valence-electron chi connectivity index (χ4n) is 2.34. The smallest absolute Gasteiger partial charge is 0.292 e. The van der Waals surface area contributed by atoms with Crippen molar-refractivity contribution in [1.29, 1.82) is 0 Å². The van der Waals surface area contributed by atoms with Gasteiger partial charge in [0.2, 0.25) is 5.76 Å². The lowest BCUT2D eigenvalue weighted by Crippen LogP contribution is -2.40. The monoisotopic (exact) mass is 273 g/mol. The molecule has 0 bridgehead atoms. The third kappa shape index (κ3) is 3.46. The second-order valence-electron chi connectivity index (χ2n) is 4.67. The average molecular weight is 274 g/mol. The molecule has 1 aromatic heterocycles. The van der Waals surface area contributed by atoms with Crippen molar-refractivity contribution in [3.63, 3.8) is 0 Å². The van der Waals surface area contributed by atoms with Crippen LogP contribution in [0, 0.1) is 12.8 Å². The van der Waals surface area contributed by atoms with Gasteiger partial charge in [0.1, 0.15) is 0 Å². The number of nitrogens with zero attached hydrogens (tertiary/aromatic N) is 2. The van der Waals surface area contributed by atoms with E-state index in [1.54, 1.807) is 6.07 Å². The van der Waals surface area contributed by atoms with Crippen LogP contribution in [0.15, 0.2) is 10.6 Å². The Hall–Kier alpha value is -1.07. The SMILES string of the molecule is Cc1cc(C(=O)N2CCCC(CCN)C2)on1.Cl. The first-order valence-electron chi connectivity index (χ1n) is 6.13. The fourth-order valence-corrected chi connectivity index (χ4v) is 2.34. The molecule has 0 saturated carbocycles. The first-order chi connectivity index (χ1) is 8.20. The first kappa shape index (κ1) is 15.0. The molecule has 1 fully saturated rings. The number of aryl methyl sites for hydroxylation is 1. The summed E-state index contributed by atoms with van der Waals surface area (Å²) < 4.78 is 5.01. The molecule has 18 heavy (non-hydrogen) atoms. The summed E-state index contributed by atoms with van der Waals surface area (Å²) in [7, 11) is 0. The number of aromatic nitrogens is 1. The molecule has 102 valence electrons. The summed E-state index contributed by atoms with van der Waals surface area (Å²) in [5.74, 6) is 0.824. The molecular weight excluding hydrogens is 254 g/mol. The van der Waals surface area contributed by atoms with Gasteiger partial charge >= 0.3 is 0 Å². The molecular formula is C12H20ClN3O2. The normalized spacial score (nSPS) is 19.4. The lowest BCUT2D eigenvalue weighted by molar-refractivity contribution is 0.0628. The summed E-state index contributed by atoms with van der Waals surface area (Å²) in [6.45, 7) is 4.09. The van der Waals surface area contributed by atoms with Crippen LogP contribution in [0.4, 0.5) is 0 Å². The zero-order valence-electron chi connectivity index (χ0n) is 10.6. The van der Waals surface area contributed by atoms with Crippen LogP contribution in [0.3, 0.4) is 0 Å². The standard InChI is InChI=1S/C12H19N3O2.ClH/c1-9-7-11(17-14-9)12(16)15-6-2-3-10(8-15)4-5-13;/h7,10H,2-6,8,13H2,1H3;1H. The van der Waals surface area contributed by atoms with Crippen molar-refractivity contribution in [1.82, 2.24) is 10.1 Å². The van der Waals surface area contributed by atoms with Crippen LogP contribution in [0.5, 0.6) is 0 Å². The minimum atomic E-state index is -0.0488. The molecule has 0 aromatic carbocycles. The maximum Gasteiger partial charge on any atom is 0.292 e. The van der Waals surface area contributed by atoms with Crippen molar-refractivity contribution >= 4 is 18.3 Å². The van der Waals surface area contributed by atoms with E-state index in [-0.39, 0.29) is 18.3 Å². The Labute approximate surface area is 113 Å². The number of hydrogen-bond acceptors (Lipinski definition) is 4. The summed E-state index contributed by atoms with van der Waals surface area (Å²) in [4.78, 5) is 14.0. The molecule has 1 aromatic rings. The zero-order valence-corrected chi connectivity index (χ0v) is 11.4. The van der Waals surface area contributed by atoms with Gasteiger partial charge in [-0.05, 0) is 38.6 Å². The Morgan fingerprint density at radius 1 is 1.67 bits per heavy atom. The van der Waals surface area contributed by atoms with Crippen LogP contribution < -0.4 is 5.73 Å². The van der Waals surface area contributed by atoms with E-state index in [1.807, 2.05) is 11.8 Å². The van der Waals surface area contributed by atoms with Gasteiger partial charge in [0.05, 0.1) is 5.69 Å².